The van der Waals surface area contributed by atoms with Crippen LogP contribution in [-0.4, -0.2) is 92.8 Å². The summed E-state index contributed by atoms with van der Waals surface area (Å²) < 4.78 is 37.4. The summed E-state index contributed by atoms with van der Waals surface area (Å²) in [5.41, 5.74) is -0.289. The lowest BCUT2D eigenvalue weighted by atomic mass is 10.1. The summed E-state index contributed by atoms with van der Waals surface area (Å²) in [4.78, 5) is 25.0. The quantitative estimate of drug-likeness (QED) is 0.476. The number of aliphatic hydroxyl groups is 1. The number of amides is 1. The number of nitrogens with zero attached hydrogens (tertiary/aromatic N) is 5. The largest absolute Gasteiger partial charge is 0.443 e. The van der Waals surface area contributed by atoms with E-state index in [2.05, 4.69) is 16.9 Å². The Hall–Kier alpha value is -2.86. The summed E-state index contributed by atoms with van der Waals surface area (Å²) in [5.74, 6) is 5.76. The highest BCUT2D eigenvalue weighted by Gasteiger charge is 2.56. The standard InChI is InChI=1S/C31H43N5O8/c1-30(2,3)44-29(38)35(19-11-6-7-12-19)26-20-17-32-36(28-25-24(21(18-37)41-28)42-31(4,5)43-25)27(20)34-22(33-26)13-10-16-40-23-14-8-9-15-39-23/h17,19,21,23-25,28,37H,6-9,11-12,14-16,18H2,1-5H3/t21-,23?,24-,25-,28-/m1/s1. The molecule has 13 nitrogen and oxygen atoms in total. The zero-order chi connectivity index (χ0) is 31.1. The third kappa shape index (κ3) is 6.56. The molecule has 2 aromatic rings. The molecule has 1 N–H and O–H groups in total. The lowest BCUT2D eigenvalue weighted by Crippen LogP contribution is -2.43. The van der Waals surface area contributed by atoms with Gasteiger partial charge in [0.2, 0.25) is 5.82 Å². The Bertz CT molecular complexity index is 1400. The molecule has 2 aromatic heterocycles. The molecule has 5 heterocycles. The third-order valence-electron chi connectivity index (χ3n) is 8.17. The average Bonchev–Trinajstić information content (AvgIpc) is 3.75. The van der Waals surface area contributed by atoms with Gasteiger partial charge in [0, 0.05) is 12.6 Å². The van der Waals surface area contributed by atoms with Gasteiger partial charge < -0.3 is 33.5 Å². The minimum Gasteiger partial charge on any atom is -0.443 e. The molecular weight excluding hydrogens is 570 g/mol. The fourth-order valence-corrected chi connectivity index (χ4v) is 6.31. The van der Waals surface area contributed by atoms with Crippen LogP contribution >= 0.6 is 0 Å². The van der Waals surface area contributed by atoms with Crippen molar-refractivity contribution in [2.45, 2.75) is 128 Å². The normalized spacial score (nSPS) is 28.5. The maximum atomic E-state index is 13.8. The number of fused-ring (bicyclic) bond motifs is 2. The maximum absolute atomic E-state index is 13.8. The fraction of sp³-hybridized carbons (Fsp3) is 0.742. The van der Waals surface area contributed by atoms with Gasteiger partial charge in [-0.3, -0.25) is 4.90 Å². The molecule has 4 fully saturated rings. The van der Waals surface area contributed by atoms with E-state index in [4.69, 9.17) is 38.4 Å². The van der Waals surface area contributed by atoms with Crippen LogP contribution in [0.4, 0.5) is 10.6 Å². The van der Waals surface area contributed by atoms with E-state index in [1.54, 1.807) is 15.8 Å². The first-order chi connectivity index (χ1) is 21.0. The molecule has 240 valence electrons. The number of rotatable bonds is 6. The molecule has 1 saturated carbocycles. The minimum absolute atomic E-state index is 0.0999. The summed E-state index contributed by atoms with van der Waals surface area (Å²) in [6.07, 6.45) is 5.06. The van der Waals surface area contributed by atoms with Crippen molar-refractivity contribution in [3.05, 3.63) is 12.0 Å². The Morgan fingerprint density at radius 2 is 1.89 bits per heavy atom. The molecule has 1 amide bonds. The first kappa shape index (κ1) is 31.1. The monoisotopic (exact) mass is 613 g/mol. The molecule has 13 heteroatoms. The van der Waals surface area contributed by atoms with E-state index in [0.717, 1.165) is 44.9 Å². The van der Waals surface area contributed by atoms with Crippen LogP contribution in [0.2, 0.25) is 0 Å². The summed E-state index contributed by atoms with van der Waals surface area (Å²) in [6, 6.07) is -0.0999. The van der Waals surface area contributed by atoms with Crippen molar-refractivity contribution in [1.82, 2.24) is 19.7 Å². The Balaban J connectivity index is 1.40. The first-order valence-corrected chi connectivity index (χ1v) is 15.6. The third-order valence-corrected chi connectivity index (χ3v) is 8.17. The highest BCUT2D eigenvalue weighted by Crippen LogP contribution is 2.44. The van der Waals surface area contributed by atoms with Gasteiger partial charge >= 0.3 is 6.09 Å². The summed E-state index contributed by atoms with van der Waals surface area (Å²) in [7, 11) is 0. The first-order valence-electron chi connectivity index (χ1n) is 15.6. The van der Waals surface area contributed by atoms with Crippen molar-refractivity contribution in [3.8, 4) is 11.8 Å². The minimum atomic E-state index is -0.859. The van der Waals surface area contributed by atoms with Crippen molar-refractivity contribution >= 4 is 22.9 Å². The topological polar surface area (TPSA) is 140 Å². The molecule has 4 aliphatic rings. The second-order valence-electron chi connectivity index (χ2n) is 13.2. The van der Waals surface area contributed by atoms with E-state index in [-0.39, 0.29) is 31.4 Å². The zero-order valence-electron chi connectivity index (χ0n) is 26.2. The van der Waals surface area contributed by atoms with Gasteiger partial charge in [0.05, 0.1) is 18.2 Å². The van der Waals surface area contributed by atoms with E-state index in [1.165, 1.54) is 0 Å². The van der Waals surface area contributed by atoms with Crippen LogP contribution < -0.4 is 4.90 Å². The van der Waals surface area contributed by atoms with Crippen molar-refractivity contribution in [2.75, 3.05) is 24.7 Å². The van der Waals surface area contributed by atoms with Gasteiger partial charge in [0.1, 0.15) is 30.5 Å². The van der Waals surface area contributed by atoms with Crippen molar-refractivity contribution in [1.29, 1.82) is 0 Å². The molecule has 6 rings (SSSR count). The maximum Gasteiger partial charge on any atom is 0.416 e. The highest BCUT2D eigenvalue weighted by molar-refractivity contribution is 5.98. The predicted molar refractivity (Wildman–Crippen MR) is 158 cm³/mol. The molecule has 0 radical (unpaired) electrons. The van der Waals surface area contributed by atoms with Gasteiger partial charge in [-0.05, 0) is 72.6 Å². The number of hydrogen-bond acceptors (Lipinski definition) is 11. The van der Waals surface area contributed by atoms with Crippen LogP contribution in [0.5, 0.6) is 0 Å². The Morgan fingerprint density at radius 3 is 2.59 bits per heavy atom. The predicted octanol–water partition coefficient (Wildman–Crippen LogP) is 3.81. The fourth-order valence-electron chi connectivity index (χ4n) is 6.31. The molecule has 0 bridgehead atoms. The summed E-state index contributed by atoms with van der Waals surface area (Å²) >= 11 is 0. The van der Waals surface area contributed by atoms with Gasteiger partial charge in [-0.25, -0.2) is 19.4 Å². The van der Waals surface area contributed by atoms with Crippen LogP contribution in [0.1, 0.15) is 91.6 Å². The van der Waals surface area contributed by atoms with Gasteiger partial charge in [-0.2, -0.15) is 5.10 Å². The molecule has 3 saturated heterocycles. The van der Waals surface area contributed by atoms with Crippen LogP contribution in [0.15, 0.2) is 6.20 Å². The SMILES string of the molecule is CC(C)(C)OC(=O)N(c1nc(C#CCOC2CCCCO2)nc2c1cnn2[C@@H]1O[C@H](CO)[C@H]2OC(C)(C)O[C@H]21)C1CCCC1. The molecule has 3 aliphatic heterocycles. The van der Waals surface area contributed by atoms with Gasteiger partial charge in [-0.15, -0.1) is 0 Å². The molecule has 1 unspecified atom stereocenters. The van der Waals surface area contributed by atoms with E-state index in [9.17, 15) is 9.90 Å². The molecule has 0 aromatic carbocycles. The van der Waals surface area contributed by atoms with Crippen molar-refractivity contribution in [3.63, 3.8) is 0 Å². The average molecular weight is 614 g/mol. The van der Waals surface area contributed by atoms with Gasteiger partial charge in [-0.1, -0.05) is 18.8 Å². The lowest BCUT2D eigenvalue weighted by molar-refractivity contribution is -0.201. The number of carbonyl (C=O) groups is 1. The molecule has 44 heavy (non-hydrogen) atoms. The number of anilines is 1. The van der Waals surface area contributed by atoms with E-state index < -0.39 is 42.0 Å². The Labute approximate surface area is 257 Å². The molecule has 1 aliphatic carbocycles. The van der Waals surface area contributed by atoms with Crippen LogP contribution in [0.25, 0.3) is 11.0 Å². The lowest BCUT2D eigenvalue weighted by Gasteiger charge is -2.31. The number of hydrogen-bond donors (Lipinski definition) is 1. The number of carbonyl (C=O) groups excluding carboxylic acids is 1. The molecule has 0 spiro atoms. The number of aliphatic hydroxyl groups excluding tert-OH is 1. The van der Waals surface area contributed by atoms with E-state index >= 15 is 0 Å². The second-order valence-corrected chi connectivity index (χ2v) is 13.2. The second kappa shape index (κ2) is 12.5. The smallest absolute Gasteiger partial charge is 0.416 e. The van der Waals surface area contributed by atoms with E-state index in [1.807, 2.05) is 34.6 Å². The zero-order valence-corrected chi connectivity index (χ0v) is 26.2. The molecular formula is C31H43N5O8. The number of ether oxygens (including phenoxy) is 6. The van der Waals surface area contributed by atoms with Crippen LogP contribution in [0.3, 0.4) is 0 Å². The van der Waals surface area contributed by atoms with Crippen LogP contribution in [-0.2, 0) is 28.4 Å². The Kier molecular flexibility index (Phi) is 8.85. The Morgan fingerprint density at radius 1 is 1.14 bits per heavy atom. The number of aromatic nitrogens is 4. The summed E-state index contributed by atoms with van der Waals surface area (Å²) in [6.45, 7) is 9.76. The van der Waals surface area contributed by atoms with Crippen molar-refractivity contribution < 1.29 is 38.3 Å². The van der Waals surface area contributed by atoms with Crippen LogP contribution in [0, 0.1) is 11.8 Å². The van der Waals surface area contributed by atoms with Gasteiger partial charge in [0.15, 0.2) is 29.8 Å². The highest BCUT2D eigenvalue weighted by atomic mass is 16.8. The summed E-state index contributed by atoms with van der Waals surface area (Å²) in [5, 5.41) is 15.3. The van der Waals surface area contributed by atoms with Gasteiger partial charge in [0.25, 0.3) is 0 Å². The van der Waals surface area contributed by atoms with Crippen molar-refractivity contribution in [2.24, 2.45) is 0 Å². The molecule has 5 atom stereocenters. The van der Waals surface area contributed by atoms with E-state index in [0.29, 0.717) is 23.5 Å².